The van der Waals surface area contributed by atoms with Gasteiger partial charge in [0, 0.05) is 10.4 Å². The van der Waals surface area contributed by atoms with Crippen LogP contribution in [0.25, 0.3) is 6.08 Å². The molecule has 0 aliphatic rings. The molecule has 0 unspecified atom stereocenters. The monoisotopic (exact) mass is 480 g/mol. The molecule has 3 aromatic carbocycles. The van der Waals surface area contributed by atoms with E-state index in [4.69, 9.17) is 0 Å². The van der Waals surface area contributed by atoms with Gasteiger partial charge in [0.05, 0.1) is 6.04 Å². The summed E-state index contributed by atoms with van der Waals surface area (Å²) in [5.41, 5.74) is 5.81. The number of thiophene rings is 1. The van der Waals surface area contributed by atoms with Gasteiger partial charge in [0.15, 0.2) is 0 Å². The molecule has 1 atom stereocenters. The maximum absolute atomic E-state index is 13.7. The highest BCUT2D eigenvalue weighted by atomic mass is 32.1. The lowest BCUT2D eigenvalue weighted by Gasteiger charge is -2.23. The Bertz CT molecular complexity index is 1360. The highest BCUT2D eigenvalue weighted by molar-refractivity contribution is 7.10. The van der Waals surface area contributed by atoms with E-state index >= 15 is 0 Å². The average Bonchev–Trinajstić information content (AvgIpc) is 3.36. The zero-order valence-electron chi connectivity index (χ0n) is 20.0. The molecule has 1 heterocycles. The molecule has 4 rings (SSSR count). The van der Waals surface area contributed by atoms with Crippen LogP contribution in [-0.2, 0) is 4.79 Å². The number of carbonyl (C=O) groups is 2. The molecule has 0 saturated carbocycles. The normalized spacial score (nSPS) is 12.1. The Morgan fingerprint density at radius 3 is 2.26 bits per heavy atom. The molecule has 0 saturated heterocycles. The molecule has 4 nitrogen and oxygen atoms in total. The summed E-state index contributed by atoms with van der Waals surface area (Å²) in [4.78, 5) is 27.6. The fraction of sp³-hybridized carbons (Fsp3) is 0.133. The van der Waals surface area contributed by atoms with Crippen molar-refractivity contribution in [2.24, 2.45) is 0 Å². The van der Waals surface area contributed by atoms with E-state index in [-0.39, 0.29) is 23.6 Å². The molecule has 2 amide bonds. The van der Waals surface area contributed by atoms with Crippen LogP contribution in [0.15, 0.2) is 96.0 Å². The first kappa shape index (κ1) is 24.2. The van der Waals surface area contributed by atoms with E-state index in [1.165, 1.54) is 11.3 Å². The molecule has 5 heteroatoms. The molecule has 0 fully saturated rings. The van der Waals surface area contributed by atoms with Gasteiger partial charge >= 0.3 is 0 Å². The number of hydrogen-bond acceptors (Lipinski definition) is 3. The lowest BCUT2D eigenvalue weighted by Crippen LogP contribution is -2.37. The summed E-state index contributed by atoms with van der Waals surface area (Å²) in [6.07, 6.45) is 1.72. The standard InChI is InChI=1S/C30H28N2O2S/c1-20-15-16-25(22(3)18-20)28(23-11-5-4-6-12-23)32-30(34)27(19-24-13-9-17-35-24)31-29(33)26-14-8-7-10-21(26)2/h4-19,28H,1-3H3,(H,31,33)(H,32,34)/b27-19-/t28-/m1/s1. The van der Waals surface area contributed by atoms with Crippen LogP contribution in [0.2, 0.25) is 0 Å². The predicted octanol–water partition coefficient (Wildman–Crippen LogP) is 6.35. The molecule has 0 aliphatic heterocycles. The Morgan fingerprint density at radius 2 is 1.57 bits per heavy atom. The molecular formula is C30H28N2O2S. The van der Waals surface area contributed by atoms with Gasteiger partial charge in [-0.2, -0.15) is 0 Å². The van der Waals surface area contributed by atoms with E-state index in [0.717, 1.165) is 32.7 Å². The largest absolute Gasteiger partial charge is 0.340 e. The van der Waals surface area contributed by atoms with E-state index in [1.807, 2.05) is 86.0 Å². The Labute approximate surface area is 210 Å². The molecule has 35 heavy (non-hydrogen) atoms. The summed E-state index contributed by atoms with van der Waals surface area (Å²) >= 11 is 1.50. The Hall–Kier alpha value is -3.96. The fourth-order valence-corrected chi connectivity index (χ4v) is 4.69. The third-order valence-corrected chi connectivity index (χ3v) is 6.68. The maximum atomic E-state index is 13.7. The van der Waals surface area contributed by atoms with Crippen molar-refractivity contribution < 1.29 is 9.59 Å². The minimum Gasteiger partial charge on any atom is -0.340 e. The van der Waals surface area contributed by atoms with E-state index in [9.17, 15) is 9.59 Å². The molecule has 176 valence electrons. The second-order valence-corrected chi connectivity index (χ2v) is 9.50. The molecule has 0 aliphatic carbocycles. The maximum Gasteiger partial charge on any atom is 0.268 e. The van der Waals surface area contributed by atoms with Crippen molar-refractivity contribution in [3.8, 4) is 0 Å². The number of nitrogens with one attached hydrogen (secondary N) is 2. The lowest BCUT2D eigenvalue weighted by atomic mass is 9.93. The number of aryl methyl sites for hydroxylation is 3. The zero-order valence-corrected chi connectivity index (χ0v) is 20.9. The topological polar surface area (TPSA) is 58.2 Å². The fourth-order valence-electron chi connectivity index (χ4n) is 4.04. The van der Waals surface area contributed by atoms with Crippen molar-refractivity contribution in [3.63, 3.8) is 0 Å². The van der Waals surface area contributed by atoms with E-state index in [2.05, 4.69) is 29.7 Å². The van der Waals surface area contributed by atoms with E-state index in [0.29, 0.717) is 5.56 Å². The smallest absolute Gasteiger partial charge is 0.268 e. The quantitative estimate of drug-likeness (QED) is 0.303. The molecule has 0 spiro atoms. The first-order valence-corrected chi connectivity index (χ1v) is 12.4. The van der Waals surface area contributed by atoms with Crippen LogP contribution < -0.4 is 10.6 Å². The van der Waals surface area contributed by atoms with Gasteiger partial charge in [-0.3, -0.25) is 9.59 Å². The lowest BCUT2D eigenvalue weighted by molar-refractivity contribution is -0.118. The number of carbonyl (C=O) groups excluding carboxylic acids is 2. The average molecular weight is 481 g/mol. The summed E-state index contributed by atoms with van der Waals surface area (Å²) in [7, 11) is 0. The van der Waals surface area contributed by atoms with Crippen molar-refractivity contribution in [1.82, 2.24) is 10.6 Å². The summed E-state index contributed by atoms with van der Waals surface area (Å²) in [5, 5.41) is 7.98. The van der Waals surface area contributed by atoms with Gasteiger partial charge < -0.3 is 10.6 Å². The van der Waals surface area contributed by atoms with Crippen LogP contribution in [0, 0.1) is 20.8 Å². The van der Waals surface area contributed by atoms with Crippen LogP contribution >= 0.6 is 11.3 Å². The van der Waals surface area contributed by atoms with Gasteiger partial charge in [-0.05, 0) is 66.6 Å². The number of amides is 2. The Kier molecular flexibility index (Phi) is 7.58. The minimum absolute atomic E-state index is 0.200. The molecule has 2 N–H and O–H groups in total. The SMILES string of the molecule is Cc1ccc([C@H](NC(=O)/C(=C/c2cccs2)NC(=O)c2ccccc2C)c2ccccc2)c(C)c1. The van der Waals surface area contributed by atoms with Crippen LogP contribution in [-0.4, -0.2) is 11.8 Å². The van der Waals surface area contributed by atoms with Crippen LogP contribution in [0.1, 0.15) is 49.1 Å². The third kappa shape index (κ3) is 5.94. The van der Waals surface area contributed by atoms with Gasteiger partial charge in [-0.25, -0.2) is 0 Å². The van der Waals surface area contributed by atoms with Crippen LogP contribution in [0.3, 0.4) is 0 Å². The second kappa shape index (κ2) is 11.0. The molecule has 0 radical (unpaired) electrons. The van der Waals surface area contributed by atoms with Crippen molar-refractivity contribution in [3.05, 3.63) is 134 Å². The molecule has 4 aromatic rings. The Morgan fingerprint density at radius 1 is 0.829 bits per heavy atom. The van der Waals surface area contributed by atoms with Gasteiger partial charge in [0.25, 0.3) is 11.8 Å². The number of hydrogen-bond donors (Lipinski definition) is 2. The van der Waals surface area contributed by atoms with Crippen molar-refractivity contribution >= 4 is 29.2 Å². The summed E-state index contributed by atoms with van der Waals surface area (Å²) in [6, 6.07) is 26.9. The van der Waals surface area contributed by atoms with Crippen LogP contribution in [0.4, 0.5) is 0 Å². The second-order valence-electron chi connectivity index (χ2n) is 8.52. The number of benzene rings is 3. The summed E-state index contributed by atoms with van der Waals surface area (Å²) in [5.74, 6) is -0.669. The highest BCUT2D eigenvalue weighted by Crippen LogP contribution is 2.26. The van der Waals surface area contributed by atoms with E-state index in [1.54, 1.807) is 12.1 Å². The van der Waals surface area contributed by atoms with Gasteiger partial charge in [-0.15, -0.1) is 11.3 Å². The highest BCUT2D eigenvalue weighted by Gasteiger charge is 2.22. The van der Waals surface area contributed by atoms with E-state index < -0.39 is 0 Å². The first-order valence-electron chi connectivity index (χ1n) is 11.5. The molecular weight excluding hydrogens is 452 g/mol. The van der Waals surface area contributed by atoms with Gasteiger partial charge in [-0.1, -0.05) is 78.4 Å². The zero-order chi connectivity index (χ0) is 24.8. The molecule has 0 bridgehead atoms. The predicted molar refractivity (Wildman–Crippen MR) is 143 cm³/mol. The molecule has 1 aromatic heterocycles. The summed E-state index contributed by atoms with van der Waals surface area (Å²) < 4.78 is 0. The minimum atomic E-state index is -0.369. The van der Waals surface area contributed by atoms with Crippen molar-refractivity contribution in [1.29, 1.82) is 0 Å². The van der Waals surface area contributed by atoms with Crippen molar-refractivity contribution in [2.45, 2.75) is 26.8 Å². The van der Waals surface area contributed by atoms with Crippen LogP contribution in [0.5, 0.6) is 0 Å². The number of rotatable bonds is 7. The van der Waals surface area contributed by atoms with Crippen molar-refractivity contribution in [2.75, 3.05) is 0 Å². The first-order chi connectivity index (χ1) is 16.9. The van der Waals surface area contributed by atoms with Gasteiger partial charge in [0.1, 0.15) is 5.70 Å². The third-order valence-electron chi connectivity index (χ3n) is 5.86. The summed E-state index contributed by atoms with van der Waals surface area (Å²) in [6.45, 7) is 5.98. The Balaban J connectivity index is 1.69. The van der Waals surface area contributed by atoms with Gasteiger partial charge in [0.2, 0.25) is 0 Å².